The van der Waals surface area contributed by atoms with Gasteiger partial charge in [0.05, 0.1) is 11.9 Å². The van der Waals surface area contributed by atoms with Crippen LogP contribution in [0.15, 0.2) is 73.3 Å². The number of rotatable bonds is 5. The maximum atomic E-state index is 4.16. The Morgan fingerprint density at radius 1 is 0.957 bits per heavy atom. The number of likely N-dealkylation sites (N-methyl/N-ethyl adjacent to an activating group) is 1. The van der Waals surface area contributed by atoms with E-state index in [1.807, 2.05) is 24.8 Å². The predicted molar refractivity (Wildman–Crippen MR) is 95.1 cm³/mol. The van der Waals surface area contributed by atoms with Gasteiger partial charge >= 0.3 is 0 Å². The highest BCUT2D eigenvalue weighted by atomic mass is 15.2. The molecule has 0 saturated heterocycles. The van der Waals surface area contributed by atoms with E-state index in [0.29, 0.717) is 0 Å². The fraction of sp³-hybridized carbons (Fsp3) is 0.250. The van der Waals surface area contributed by atoms with Crippen molar-refractivity contribution in [2.45, 2.75) is 19.0 Å². The molecular weight excluding hydrogens is 282 g/mol. The van der Waals surface area contributed by atoms with Gasteiger partial charge in [0.1, 0.15) is 0 Å². The molecule has 1 aromatic heterocycles. The van der Waals surface area contributed by atoms with Crippen LogP contribution < -0.4 is 0 Å². The summed E-state index contributed by atoms with van der Waals surface area (Å²) in [4.78, 5) is 6.43. The zero-order valence-corrected chi connectivity index (χ0v) is 14.0. The minimum Gasteiger partial charge on any atom is -0.335 e. The average Bonchev–Trinajstić information content (AvgIpc) is 3.08. The molecule has 3 nitrogen and oxygen atoms in total. The molecule has 0 amide bonds. The van der Waals surface area contributed by atoms with E-state index in [1.165, 1.54) is 16.7 Å². The van der Waals surface area contributed by atoms with Crippen LogP contribution in [-0.4, -0.2) is 28.5 Å². The molecule has 0 bridgehead atoms. The molecule has 0 aliphatic carbocycles. The van der Waals surface area contributed by atoms with Crippen LogP contribution in [0.4, 0.5) is 0 Å². The largest absolute Gasteiger partial charge is 0.335 e. The van der Waals surface area contributed by atoms with Crippen molar-refractivity contribution in [2.24, 2.45) is 0 Å². The summed E-state index contributed by atoms with van der Waals surface area (Å²) in [6, 6.07) is 19.4. The number of hydrogen-bond donors (Lipinski definition) is 0. The molecule has 118 valence electrons. The Morgan fingerprint density at radius 2 is 1.61 bits per heavy atom. The van der Waals surface area contributed by atoms with Crippen molar-refractivity contribution in [3.05, 3.63) is 78.9 Å². The second-order valence-corrected chi connectivity index (χ2v) is 6.35. The molecule has 0 radical (unpaired) electrons. The quantitative estimate of drug-likeness (QED) is 0.709. The zero-order chi connectivity index (χ0) is 16.3. The maximum Gasteiger partial charge on any atom is 0.0946 e. The predicted octanol–water partition coefficient (Wildman–Crippen LogP) is 4.03. The second-order valence-electron chi connectivity index (χ2n) is 6.35. The standard InChI is InChI=1S/C20H23N3/c1-20(22(2)3,15-23-14-13-21-16-23)19-11-9-18(10-12-19)17-7-5-4-6-8-17/h4-14,16H,15H2,1-3H3. The average molecular weight is 305 g/mol. The summed E-state index contributed by atoms with van der Waals surface area (Å²) in [7, 11) is 4.25. The van der Waals surface area contributed by atoms with Gasteiger partial charge in [0.15, 0.2) is 0 Å². The molecule has 3 rings (SSSR count). The fourth-order valence-corrected chi connectivity index (χ4v) is 2.88. The Balaban J connectivity index is 1.91. The van der Waals surface area contributed by atoms with Crippen LogP contribution in [0.2, 0.25) is 0 Å². The molecule has 0 spiro atoms. The minimum absolute atomic E-state index is 0.0874. The lowest BCUT2D eigenvalue weighted by atomic mass is 9.89. The Bertz CT molecular complexity index is 730. The lowest BCUT2D eigenvalue weighted by Crippen LogP contribution is -2.42. The normalized spacial score (nSPS) is 13.9. The van der Waals surface area contributed by atoms with Gasteiger partial charge in [-0.3, -0.25) is 4.90 Å². The Labute approximate surface area is 138 Å². The lowest BCUT2D eigenvalue weighted by Gasteiger charge is -2.37. The van der Waals surface area contributed by atoms with Gasteiger partial charge < -0.3 is 4.57 Å². The van der Waals surface area contributed by atoms with E-state index >= 15 is 0 Å². The molecule has 0 fully saturated rings. The molecule has 0 saturated carbocycles. The minimum atomic E-state index is -0.0874. The zero-order valence-electron chi connectivity index (χ0n) is 14.0. The molecule has 2 aromatic carbocycles. The highest BCUT2D eigenvalue weighted by molar-refractivity contribution is 5.63. The van der Waals surface area contributed by atoms with Crippen LogP contribution >= 0.6 is 0 Å². The van der Waals surface area contributed by atoms with Crippen LogP contribution in [0.5, 0.6) is 0 Å². The van der Waals surface area contributed by atoms with Crippen LogP contribution in [0.25, 0.3) is 11.1 Å². The SMILES string of the molecule is CN(C)C(C)(Cn1ccnc1)c1ccc(-c2ccccc2)cc1. The summed E-state index contributed by atoms with van der Waals surface area (Å²) in [6.45, 7) is 3.13. The van der Waals surface area contributed by atoms with Crippen molar-refractivity contribution in [2.75, 3.05) is 14.1 Å². The number of aromatic nitrogens is 2. The van der Waals surface area contributed by atoms with Crippen molar-refractivity contribution < 1.29 is 0 Å². The monoisotopic (exact) mass is 305 g/mol. The van der Waals surface area contributed by atoms with E-state index in [1.54, 1.807) is 0 Å². The summed E-state index contributed by atoms with van der Waals surface area (Å²) in [5.41, 5.74) is 3.71. The van der Waals surface area contributed by atoms with Crippen LogP contribution in [0.3, 0.4) is 0 Å². The first kappa shape index (κ1) is 15.5. The number of benzene rings is 2. The van der Waals surface area contributed by atoms with Crippen molar-refractivity contribution in [1.29, 1.82) is 0 Å². The van der Waals surface area contributed by atoms with E-state index in [4.69, 9.17) is 0 Å². The molecule has 3 aromatic rings. The van der Waals surface area contributed by atoms with Gasteiger partial charge in [-0.05, 0) is 37.7 Å². The van der Waals surface area contributed by atoms with E-state index in [2.05, 4.69) is 84.0 Å². The molecule has 1 atom stereocenters. The van der Waals surface area contributed by atoms with Crippen LogP contribution in [-0.2, 0) is 12.1 Å². The van der Waals surface area contributed by atoms with Crippen molar-refractivity contribution in [1.82, 2.24) is 14.5 Å². The number of nitrogens with zero attached hydrogens (tertiary/aromatic N) is 3. The summed E-state index contributed by atoms with van der Waals surface area (Å²) >= 11 is 0. The molecule has 23 heavy (non-hydrogen) atoms. The molecule has 0 aliphatic rings. The fourth-order valence-electron chi connectivity index (χ4n) is 2.88. The van der Waals surface area contributed by atoms with Crippen molar-refractivity contribution in [3.63, 3.8) is 0 Å². The number of imidazole rings is 1. The van der Waals surface area contributed by atoms with E-state index in [0.717, 1.165) is 6.54 Å². The molecule has 0 N–H and O–H groups in total. The highest BCUT2D eigenvalue weighted by Gasteiger charge is 2.29. The van der Waals surface area contributed by atoms with Crippen LogP contribution in [0, 0.1) is 0 Å². The Morgan fingerprint density at radius 3 is 2.17 bits per heavy atom. The second kappa shape index (κ2) is 6.39. The smallest absolute Gasteiger partial charge is 0.0946 e. The first-order valence-corrected chi connectivity index (χ1v) is 7.89. The Hall–Kier alpha value is -2.39. The third kappa shape index (κ3) is 3.20. The summed E-state index contributed by atoms with van der Waals surface area (Å²) < 4.78 is 2.13. The summed E-state index contributed by atoms with van der Waals surface area (Å²) in [6.07, 6.45) is 5.72. The van der Waals surface area contributed by atoms with E-state index in [9.17, 15) is 0 Å². The third-order valence-corrected chi connectivity index (χ3v) is 4.65. The summed E-state index contributed by atoms with van der Waals surface area (Å²) in [5.74, 6) is 0. The van der Waals surface area contributed by atoms with Crippen molar-refractivity contribution in [3.8, 4) is 11.1 Å². The van der Waals surface area contributed by atoms with Gasteiger partial charge in [-0.2, -0.15) is 0 Å². The van der Waals surface area contributed by atoms with Crippen molar-refractivity contribution >= 4 is 0 Å². The first-order chi connectivity index (χ1) is 11.1. The van der Waals surface area contributed by atoms with Gasteiger partial charge in [0, 0.05) is 18.9 Å². The highest BCUT2D eigenvalue weighted by Crippen LogP contribution is 2.30. The van der Waals surface area contributed by atoms with Gasteiger partial charge in [-0.1, -0.05) is 54.6 Å². The summed E-state index contributed by atoms with van der Waals surface area (Å²) in [5, 5.41) is 0. The van der Waals surface area contributed by atoms with Gasteiger partial charge in [0.2, 0.25) is 0 Å². The van der Waals surface area contributed by atoms with Gasteiger partial charge in [-0.25, -0.2) is 4.98 Å². The van der Waals surface area contributed by atoms with E-state index in [-0.39, 0.29) is 5.54 Å². The number of hydrogen-bond acceptors (Lipinski definition) is 2. The van der Waals surface area contributed by atoms with Gasteiger partial charge in [-0.15, -0.1) is 0 Å². The molecule has 3 heteroatoms. The van der Waals surface area contributed by atoms with Crippen LogP contribution in [0.1, 0.15) is 12.5 Å². The maximum absolute atomic E-state index is 4.16. The van der Waals surface area contributed by atoms with Gasteiger partial charge in [0.25, 0.3) is 0 Å². The molecule has 1 unspecified atom stereocenters. The van der Waals surface area contributed by atoms with E-state index < -0.39 is 0 Å². The first-order valence-electron chi connectivity index (χ1n) is 7.89. The molecule has 0 aliphatic heterocycles. The molecule has 1 heterocycles. The third-order valence-electron chi connectivity index (χ3n) is 4.65. The Kier molecular flexibility index (Phi) is 4.30. The lowest BCUT2D eigenvalue weighted by molar-refractivity contribution is 0.148. The molecular formula is C20H23N3. The topological polar surface area (TPSA) is 21.1 Å².